The molecule has 1 aromatic heterocycles. The number of hydrogen-bond acceptors (Lipinski definition) is 5. The molecule has 0 fully saturated rings. The first-order chi connectivity index (χ1) is 9.08. The predicted molar refractivity (Wildman–Crippen MR) is 70.5 cm³/mol. The molecule has 0 spiro atoms. The van der Waals surface area contributed by atoms with E-state index >= 15 is 0 Å². The summed E-state index contributed by atoms with van der Waals surface area (Å²) in [7, 11) is 0.102. The molecule has 1 amide bonds. The molecule has 0 atom stereocenters. The minimum atomic E-state index is -1.55. The predicted octanol–water partition coefficient (Wildman–Crippen LogP) is -0.730. The molecule has 96 valence electrons. The van der Waals surface area contributed by atoms with Gasteiger partial charge in [0.2, 0.25) is 0 Å². The summed E-state index contributed by atoms with van der Waals surface area (Å²) in [4.78, 5) is 17.3. The number of rotatable bonds is 1. The number of fused-ring (bicyclic) bond motifs is 3. The number of aromatic nitrogens is 1. The quantitative estimate of drug-likeness (QED) is 0.659. The van der Waals surface area contributed by atoms with Gasteiger partial charge in [-0.25, -0.2) is 0 Å². The fraction of sp³-hybridized carbons (Fsp3) is 0.167. The highest BCUT2D eigenvalue weighted by Gasteiger charge is 2.25. The Hall–Kier alpha value is -2.12. The lowest BCUT2D eigenvalue weighted by Crippen LogP contribution is -2.35. The summed E-state index contributed by atoms with van der Waals surface area (Å²) in [6.45, 7) is -0.0332. The molecule has 2 aromatic rings. The number of carbonyl (C=O) groups excluding carboxylic acids is 1. The highest BCUT2D eigenvalue weighted by atomic mass is 16.5. The summed E-state index contributed by atoms with van der Waals surface area (Å²) in [6, 6.07) is 4.88. The zero-order valence-corrected chi connectivity index (χ0v) is 10.2. The van der Waals surface area contributed by atoms with Crippen LogP contribution in [0.3, 0.4) is 0 Å². The van der Waals surface area contributed by atoms with Gasteiger partial charge in [0.1, 0.15) is 5.69 Å². The highest BCUT2D eigenvalue weighted by molar-refractivity contribution is 6.58. The van der Waals surface area contributed by atoms with E-state index in [9.17, 15) is 14.8 Å². The van der Waals surface area contributed by atoms with Gasteiger partial charge < -0.3 is 19.7 Å². The molecule has 3 rings (SSSR count). The molecule has 0 saturated heterocycles. The number of benzene rings is 1. The van der Waals surface area contributed by atoms with Crippen LogP contribution in [0.2, 0.25) is 0 Å². The van der Waals surface area contributed by atoms with Gasteiger partial charge in [-0.3, -0.25) is 9.78 Å². The van der Waals surface area contributed by atoms with Crippen molar-refractivity contribution in [1.29, 1.82) is 0 Å². The molecular formula is C12H11BN2O4. The van der Waals surface area contributed by atoms with E-state index in [1.807, 2.05) is 0 Å². The summed E-state index contributed by atoms with van der Waals surface area (Å²) >= 11 is 0. The number of likely N-dealkylation sites (N-methyl/N-ethyl adjacent to an activating group) is 1. The van der Waals surface area contributed by atoms with Crippen molar-refractivity contribution in [2.45, 2.75) is 0 Å². The summed E-state index contributed by atoms with van der Waals surface area (Å²) in [5, 5.41) is 19.1. The minimum absolute atomic E-state index is 0.0332. The van der Waals surface area contributed by atoms with Gasteiger partial charge in [-0.1, -0.05) is 6.07 Å². The van der Waals surface area contributed by atoms with E-state index in [-0.39, 0.29) is 12.5 Å². The van der Waals surface area contributed by atoms with Gasteiger partial charge in [0.05, 0.1) is 11.7 Å². The molecule has 7 heteroatoms. The van der Waals surface area contributed by atoms with Crippen molar-refractivity contribution >= 4 is 35.1 Å². The Morgan fingerprint density at radius 3 is 2.95 bits per heavy atom. The number of carbonyl (C=O) groups is 1. The maximum absolute atomic E-state index is 11.6. The van der Waals surface area contributed by atoms with Crippen LogP contribution in [0.15, 0.2) is 24.4 Å². The SMILES string of the molecule is CN1C(=O)COc2c1cnc1ccc(B(O)O)cc21. The number of pyridine rings is 1. The van der Waals surface area contributed by atoms with E-state index in [2.05, 4.69) is 4.98 Å². The highest BCUT2D eigenvalue weighted by Crippen LogP contribution is 2.36. The Bertz CT molecular complexity index is 674. The number of amides is 1. The van der Waals surface area contributed by atoms with E-state index in [4.69, 9.17) is 4.74 Å². The Morgan fingerprint density at radius 1 is 1.42 bits per heavy atom. The first kappa shape index (κ1) is 11.9. The fourth-order valence-corrected chi connectivity index (χ4v) is 2.09. The third-order valence-corrected chi connectivity index (χ3v) is 3.20. The van der Waals surface area contributed by atoms with Crippen molar-refractivity contribution in [1.82, 2.24) is 4.98 Å². The standard InChI is InChI=1S/C12H11BN2O4/c1-15-10-5-14-9-3-2-7(13(17)18)4-8(9)12(10)19-6-11(15)16/h2-5,17-18H,6H2,1H3. The van der Waals surface area contributed by atoms with E-state index in [1.54, 1.807) is 31.4 Å². The molecule has 0 unspecified atom stereocenters. The van der Waals surface area contributed by atoms with Crippen LogP contribution in [0, 0.1) is 0 Å². The molecule has 0 aliphatic carbocycles. The van der Waals surface area contributed by atoms with Gasteiger partial charge >= 0.3 is 7.12 Å². The van der Waals surface area contributed by atoms with Crippen LogP contribution >= 0.6 is 0 Å². The normalized spacial score (nSPS) is 14.3. The van der Waals surface area contributed by atoms with Gasteiger partial charge in [0.25, 0.3) is 5.91 Å². The zero-order valence-electron chi connectivity index (χ0n) is 10.2. The van der Waals surface area contributed by atoms with Gasteiger partial charge in [-0.15, -0.1) is 0 Å². The lowest BCUT2D eigenvalue weighted by molar-refractivity contribution is -0.120. The summed E-state index contributed by atoms with van der Waals surface area (Å²) in [5.41, 5.74) is 1.60. The second-order valence-corrected chi connectivity index (χ2v) is 4.36. The van der Waals surface area contributed by atoms with E-state index in [0.717, 1.165) is 0 Å². The molecule has 0 saturated carbocycles. The Kier molecular flexibility index (Phi) is 2.65. The van der Waals surface area contributed by atoms with E-state index < -0.39 is 7.12 Å². The third-order valence-electron chi connectivity index (χ3n) is 3.20. The van der Waals surface area contributed by atoms with Crippen LogP contribution in [0.4, 0.5) is 5.69 Å². The van der Waals surface area contributed by atoms with Crippen LogP contribution in [-0.4, -0.2) is 41.7 Å². The Labute approximate surface area is 109 Å². The summed E-state index contributed by atoms with van der Waals surface area (Å²) in [6.07, 6.45) is 1.57. The van der Waals surface area contributed by atoms with Crippen LogP contribution in [0.5, 0.6) is 5.75 Å². The van der Waals surface area contributed by atoms with E-state index in [1.165, 1.54) is 4.90 Å². The largest absolute Gasteiger partial charge is 0.488 e. The van der Waals surface area contributed by atoms with Crippen molar-refractivity contribution in [3.63, 3.8) is 0 Å². The second kappa shape index (κ2) is 4.22. The molecule has 2 heterocycles. The molecule has 0 radical (unpaired) electrons. The van der Waals surface area contributed by atoms with Crippen LogP contribution in [0.1, 0.15) is 0 Å². The van der Waals surface area contributed by atoms with Crippen LogP contribution < -0.4 is 15.1 Å². The van der Waals surface area contributed by atoms with Gasteiger partial charge in [-0.2, -0.15) is 0 Å². The topological polar surface area (TPSA) is 82.9 Å². The van der Waals surface area contributed by atoms with Gasteiger partial charge in [-0.05, 0) is 17.6 Å². The van der Waals surface area contributed by atoms with Crippen molar-refractivity contribution in [2.75, 3.05) is 18.6 Å². The third kappa shape index (κ3) is 1.83. The maximum Gasteiger partial charge on any atom is 0.488 e. The summed E-state index contributed by atoms with van der Waals surface area (Å²) < 4.78 is 5.46. The average Bonchev–Trinajstić information content (AvgIpc) is 2.41. The first-order valence-corrected chi connectivity index (χ1v) is 5.76. The van der Waals surface area contributed by atoms with Gasteiger partial charge in [0.15, 0.2) is 12.4 Å². The summed E-state index contributed by atoms with van der Waals surface area (Å²) in [5.74, 6) is 0.390. The smallest absolute Gasteiger partial charge is 0.481 e. The van der Waals surface area contributed by atoms with Crippen molar-refractivity contribution in [3.05, 3.63) is 24.4 Å². The lowest BCUT2D eigenvalue weighted by Gasteiger charge is -2.26. The molecule has 6 nitrogen and oxygen atoms in total. The molecule has 19 heavy (non-hydrogen) atoms. The molecule has 2 N–H and O–H groups in total. The van der Waals surface area contributed by atoms with Crippen LogP contribution in [0.25, 0.3) is 10.9 Å². The van der Waals surface area contributed by atoms with Crippen molar-refractivity contribution in [2.24, 2.45) is 0 Å². The zero-order chi connectivity index (χ0) is 13.6. The first-order valence-electron chi connectivity index (χ1n) is 5.76. The fourth-order valence-electron chi connectivity index (χ4n) is 2.09. The molecule has 1 aliphatic rings. The molecule has 1 aromatic carbocycles. The number of ether oxygens (including phenoxy) is 1. The maximum atomic E-state index is 11.6. The lowest BCUT2D eigenvalue weighted by atomic mass is 9.79. The van der Waals surface area contributed by atoms with E-state index in [0.29, 0.717) is 27.8 Å². The van der Waals surface area contributed by atoms with Crippen molar-refractivity contribution < 1.29 is 19.6 Å². The Morgan fingerprint density at radius 2 is 2.21 bits per heavy atom. The second-order valence-electron chi connectivity index (χ2n) is 4.36. The van der Waals surface area contributed by atoms with Gasteiger partial charge in [0, 0.05) is 12.4 Å². The molecule has 1 aliphatic heterocycles. The minimum Gasteiger partial charge on any atom is -0.481 e. The van der Waals surface area contributed by atoms with Crippen LogP contribution in [-0.2, 0) is 4.79 Å². The van der Waals surface area contributed by atoms with Crippen molar-refractivity contribution in [3.8, 4) is 5.75 Å². The molecule has 0 bridgehead atoms. The average molecular weight is 258 g/mol. The number of nitrogens with zero attached hydrogens (tertiary/aromatic N) is 2. The molecular weight excluding hydrogens is 247 g/mol. The number of hydrogen-bond donors (Lipinski definition) is 2. The Balaban J connectivity index is 2.25. The number of anilines is 1. The monoisotopic (exact) mass is 258 g/mol.